The van der Waals surface area contributed by atoms with Crippen molar-refractivity contribution in [2.45, 2.75) is 24.9 Å². The van der Waals surface area contributed by atoms with Gasteiger partial charge < -0.3 is 25.2 Å². The van der Waals surface area contributed by atoms with Crippen molar-refractivity contribution in [3.8, 4) is 11.5 Å². The van der Waals surface area contributed by atoms with Crippen molar-refractivity contribution >= 4 is 11.6 Å². The Morgan fingerprint density at radius 3 is 2.71 bits per heavy atom. The van der Waals surface area contributed by atoms with Crippen LogP contribution in [-0.2, 0) is 4.79 Å². The molecule has 1 aliphatic carbocycles. The molecule has 6 nitrogen and oxygen atoms in total. The van der Waals surface area contributed by atoms with Crippen LogP contribution in [0.25, 0.3) is 0 Å². The predicted molar refractivity (Wildman–Crippen MR) is 77.7 cm³/mol. The molecule has 3 N–H and O–H groups in total. The minimum atomic E-state index is -0.614. The van der Waals surface area contributed by atoms with Gasteiger partial charge in [0.2, 0.25) is 5.91 Å². The maximum absolute atomic E-state index is 11.8. The number of hydrogen-bond acceptors (Lipinski definition) is 5. The van der Waals surface area contributed by atoms with E-state index >= 15 is 0 Å². The highest BCUT2D eigenvalue weighted by Gasteiger charge is 2.33. The van der Waals surface area contributed by atoms with Crippen molar-refractivity contribution < 1.29 is 19.4 Å². The molecule has 1 amide bonds. The van der Waals surface area contributed by atoms with Crippen molar-refractivity contribution in [1.82, 2.24) is 5.32 Å². The molecule has 1 saturated carbocycles. The summed E-state index contributed by atoms with van der Waals surface area (Å²) >= 11 is 0. The molecule has 0 spiro atoms. The number of carbonyl (C=O) groups is 1. The van der Waals surface area contributed by atoms with Gasteiger partial charge in [-0.2, -0.15) is 0 Å². The van der Waals surface area contributed by atoms with E-state index < -0.39 is 5.60 Å². The Morgan fingerprint density at radius 2 is 2.00 bits per heavy atom. The van der Waals surface area contributed by atoms with Gasteiger partial charge in [-0.3, -0.25) is 4.79 Å². The number of aliphatic hydroxyl groups is 1. The highest BCUT2D eigenvalue weighted by atomic mass is 16.6. The fourth-order valence-electron chi connectivity index (χ4n) is 2.50. The van der Waals surface area contributed by atoms with Crippen LogP contribution in [0.4, 0.5) is 5.69 Å². The molecule has 1 heterocycles. The van der Waals surface area contributed by atoms with Crippen LogP contribution < -0.4 is 20.1 Å². The van der Waals surface area contributed by atoms with Crippen LogP contribution in [0.2, 0.25) is 0 Å². The van der Waals surface area contributed by atoms with Crippen molar-refractivity contribution in [3.63, 3.8) is 0 Å². The Bertz CT molecular complexity index is 528. The van der Waals surface area contributed by atoms with Gasteiger partial charge in [0.1, 0.15) is 13.2 Å². The van der Waals surface area contributed by atoms with Gasteiger partial charge in [-0.1, -0.05) is 0 Å². The molecule has 1 fully saturated rings. The van der Waals surface area contributed by atoms with Gasteiger partial charge in [0.05, 0.1) is 12.1 Å². The molecule has 1 aliphatic heterocycles. The first-order valence-corrected chi connectivity index (χ1v) is 7.27. The van der Waals surface area contributed by atoms with Crippen molar-refractivity contribution in [2.24, 2.45) is 0 Å². The molecule has 114 valence electrons. The fourth-order valence-corrected chi connectivity index (χ4v) is 2.50. The Labute approximate surface area is 123 Å². The summed E-state index contributed by atoms with van der Waals surface area (Å²) in [4.78, 5) is 11.8. The van der Waals surface area contributed by atoms with Gasteiger partial charge in [0.25, 0.3) is 0 Å². The molecular weight excluding hydrogens is 272 g/mol. The number of anilines is 1. The maximum atomic E-state index is 11.8. The number of nitrogens with one attached hydrogen (secondary N) is 2. The van der Waals surface area contributed by atoms with Crippen LogP contribution in [-0.4, -0.2) is 42.9 Å². The quantitative estimate of drug-likeness (QED) is 0.751. The van der Waals surface area contributed by atoms with Crippen LogP contribution in [0, 0.1) is 0 Å². The van der Waals surface area contributed by atoms with Crippen LogP contribution in [0.3, 0.4) is 0 Å². The zero-order chi connectivity index (χ0) is 14.7. The molecule has 1 aromatic carbocycles. The van der Waals surface area contributed by atoms with E-state index in [0.717, 1.165) is 19.3 Å². The molecule has 21 heavy (non-hydrogen) atoms. The summed E-state index contributed by atoms with van der Waals surface area (Å²) in [5.74, 6) is 1.20. The van der Waals surface area contributed by atoms with E-state index in [1.54, 1.807) is 18.2 Å². The van der Waals surface area contributed by atoms with E-state index in [-0.39, 0.29) is 12.5 Å². The van der Waals surface area contributed by atoms with Gasteiger partial charge in [-0.05, 0) is 31.4 Å². The lowest BCUT2D eigenvalue weighted by molar-refractivity contribution is -0.115. The van der Waals surface area contributed by atoms with Gasteiger partial charge >= 0.3 is 0 Å². The van der Waals surface area contributed by atoms with Crippen molar-refractivity contribution in [3.05, 3.63) is 18.2 Å². The molecule has 2 aliphatic rings. The third kappa shape index (κ3) is 3.46. The highest BCUT2D eigenvalue weighted by Crippen LogP contribution is 2.32. The first-order chi connectivity index (χ1) is 10.1. The summed E-state index contributed by atoms with van der Waals surface area (Å²) in [5, 5.41) is 15.7. The molecule has 3 rings (SSSR count). The second-order valence-corrected chi connectivity index (χ2v) is 5.59. The van der Waals surface area contributed by atoms with E-state index in [4.69, 9.17) is 9.47 Å². The Balaban J connectivity index is 1.48. The fraction of sp³-hybridized carbons (Fsp3) is 0.533. The maximum Gasteiger partial charge on any atom is 0.238 e. The summed E-state index contributed by atoms with van der Waals surface area (Å²) in [6, 6.07) is 5.32. The van der Waals surface area contributed by atoms with E-state index in [2.05, 4.69) is 10.6 Å². The minimum absolute atomic E-state index is 0.144. The summed E-state index contributed by atoms with van der Waals surface area (Å²) in [5.41, 5.74) is 0.0606. The number of amides is 1. The average molecular weight is 292 g/mol. The van der Waals surface area contributed by atoms with Crippen LogP contribution in [0.1, 0.15) is 19.3 Å². The van der Waals surface area contributed by atoms with Gasteiger partial charge in [-0.25, -0.2) is 0 Å². The van der Waals surface area contributed by atoms with E-state index in [0.29, 0.717) is 36.9 Å². The van der Waals surface area contributed by atoms with Gasteiger partial charge in [0, 0.05) is 18.3 Å². The number of hydrogen-bond donors (Lipinski definition) is 3. The zero-order valence-corrected chi connectivity index (χ0v) is 11.9. The largest absolute Gasteiger partial charge is 0.486 e. The molecular formula is C15H20N2O4. The summed E-state index contributed by atoms with van der Waals surface area (Å²) in [7, 11) is 0. The second kappa shape index (κ2) is 5.91. The summed E-state index contributed by atoms with van der Waals surface area (Å²) < 4.78 is 10.9. The first-order valence-electron chi connectivity index (χ1n) is 7.27. The third-order valence-electron chi connectivity index (χ3n) is 3.85. The molecule has 6 heteroatoms. The summed E-state index contributed by atoms with van der Waals surface area (Å²) in [6.07, 6.45) is 2.68. The monoisotopic (exact) mass is 292 g/mol. The number of fused-ring (bicyclic) bond motifs is 1. The van der Waals surface area contributed by atoms with Gasteiger partial charge in [-0.15, -0.1) is 0 Å². The Hall–Kier alpha value is -1.79. The third-order valence-corrected chi connectivity index (χ3v) is 3.85. The molecule has 0 unspecified atom stereocenters. The van der Waals surface area contributed by atoms with Crippen LogP contribution >= 0.6 is 0 Å². The first kappa shape index (κ1) is 14.2. The second-order valence-electron chi connectivity index (χ2n) is 5.59. The number of carbonyl (C=O) groups excluding carboxylic acids is 1. The molecule has 0 radical (unpaired) electrons. The summed E-state index contributed by atoms with van der Waals surface area (Å²) in [6.45, 7) is 1.70. The van der Waals surface area contributed by atoms with E-state index in [1.807, 2.05) is 0 Å². The molecule has 1 aromatic rings. The number of ether oxygens (including phenoxy) is 2. The molecule has 0 bridgehead atoms. The van der Waals surface area contributed by atoms with E-state index in [9.17, 15) is 9.90 Å². The van der Waals surface area contributed by atoms with Crippen LogP contribution in [0.15, 0.2) is 18.2 Å². The predicted octanol–water partition coefficient (Wildman–Crippen LogP) is 0.901. The zero-order valence-electron chi connectivity index (χ0n) is 11.9. The Kier molecular flexibility index (Phi) is 3.98. The smallest absolute Gasteiger partial charge is 0.238 e. The Morgan fingerprint density at radius 1 is 1.24 bits per heavy atom. The number of rotatable bonds is 5. The SMILES string of the molecule is O=C(CNCC1(O)CCC1)Nc1ccc2c(c1)OCCO2. The lowest BCUT2D eigenvalue weighted by Crippen LogP contribution is -2.47. The molecule has 0 saturated heterocycles. The lowest BCUT2D eigenvalue weighted by atomic mass is 9.80. The van der Waals surface area contributed by atoms with Gasteiger partial charge in [0.15, 0.2) is 11.5 Å². The molecule has 0 aromatic heterocycles. The van der Waals surface area contributed by atoms with Crippen molar-refractivity contribution in [1.29, 1.82) is 0 Å². The topological polar surface area (TPSA) is 79.8 Å². The highest BCUT2D eigenvalue weighted by molar-refractivity contribution is 5.92. The number of benzene rings is 1. The minimum Gasteiger partial charge on any atom is -0.486 e. The van der Waals surface area contributed by atoms with Crippen LogP contribution in [0.5, 0.6) is 11.5 Å². The standard InChI is InChI=1S/C15H20N2O4/c18-14(9-16-10-15(19)4-1-5-15)17-11-2-3-12-13(8-11)21-7-6-20-12/h2-3,8,16,19H,1,4-7,9-10H2,(H,17,18). The lowest BCUT2D eigenvalue weighted by Gasteiger charge is -2.36. The average Bonchev–Trinajstić information content (AvgIpc) is 2.45. The normalized spacial score (nSPS) is 18.7. The van der Waals surface area contributed by atoms with E-state index in [1.165, 1.54) is 0 Å². The van der Waals surface area contributed by atoms with Crippen molar-refractivity contribution in [2.75, 3.05) is 31.6 Å². The molecule has 0 atom stereocenters.